The largest absolute Gasteiger partial charge is 0.396 e. The lowest BCUT2D eigenvalue weighted by Gasteiger charge is -2.26. The van der Waals surface area contributed by atoms with Crippen molar-refractivity contribution in [1.82, 2.24) is 5.32 Å². The molecule has 0 unspecified atom stereocenters. The van der Waals surface area contributed by atoms with Gasteiger partial charge in [0.25, 0.3) is 0 Å². The van der Waals surface area contributed by atoms with Crippen molar-refractivity contribution in [2.75, 3.05) is 25.1 Å². The number of halogens is 1. The average Bonchev–Trinajstić information content (AvgIpc) is 3.00. The minimum atomic E-state index is -0.197. The lowest BCUT2D eigenvalue weighted by atomic mass is 10.1. The molecule has 0 fully saturated rings. The van der Waals surface area contributed by atoms with Crippen LogP contribution in [0.4, 0.5) is 10.1 Å². The maximum absolute atomic E-state index is 13.7. The third-order valence-corrected chi connectivity index (χ3v) is 4.70. The molecule has 0 radical (unpaired) electrons. The van der Waals surface area contributed by atoms with Crippen LogP contribution in [0.5, 0.6) is 0 Å². The van der Waals surface area contributed by atoms with Gasteiger partial charge in [0, 0.05) is 44.4 Å². The Bertz CT molecular complexity index is 532. The predicted molar refractivity (Wildman–Crippen MR) is 94.1 cm³/mol. The number of nitrogens with one attached hydrogen (secondary N) is 1. The Hall–Kier alpha value is -1.39. The molecule has 1 aromatic rings. The van der Waals surface area contributed by atoms with Crippen LogP contribution in [-0.4, -0.2) is 31.3 Å². The second-order valence-electron chi connectivity index (χ2n) is 6.72. The van der Waals surface area contributed by atoms with Gasteiger partial charge in [0.2, 0.25) is 0 Å². The van der Waals surface area contributed by atoms with E-state index in [1.807, 2.05) is 6.07 Å². The van der Waals surface area contributed by atoms with Crippen molar-refractivity contribution in [2.45, 2.75) is 39.3 Å². The van der Waals surface area contributed by atoms with Crippen molar-refractivity contribution in [3.05, 3.63) is 41.7 Å². The molecular weight excluding hydrogens is 291 g/mol. The second-order valence-corrected chi connectivity index (χ2v) is 6.72. The zero-order valence-electron chi connectivity index (χ0n) is 14.4. The predicted octanol–water partition coefficient (Wildman–Crippen LogP) is 3.33. The molecule has 23 heavy (non-hydrogen) atoms. The summed E-state index contributed by atoms with van der Waals surface area (Å²) in [6, 6.07) is 5.28. The number of nitrogens with zero attached hydrogens (tertiary/aromatic N) is 1. The standard InChI is InChI=1S/C19H29FN2O/c1-4-14(2)12-22(3)19-8-6-17(20)10-16(19)11-21-18-7-5-15(9-18)13-23/h5-8,10,14-15,18,21,23H,4,9,11-13H2,1-3H3/t14-,15-,18+/m0/s1. The van der Waals surface area contributed by atoms with Crippen LogP contribution >= 0.6 is 0 Å². The molecule has 0 aromatic heterocycles. The monoisotopic (exact) mass is 320 g/mol. The molecule has 1 aliphatic carbocycles. The first-order valence-electron chi connectivity index (χ1n) is 8.55. The maximum atomic E-state index is 13.7. The van der Waals surface area contributed by atoms with Crippen molar-refractivity contribution < 1.29 is 9.50 Å². The Labute approximate surface area is 139 Å². The SMILES string of the molecule is CC[C@H](C)CN(C)c1ccc(F)cc1CN[C@@H]1C=C[C@H](CO)C1. The quantitative estimate of drug-likeness (QED) is 0.721. The third-order valence-electron chi connectivity index (χ3n) is 4.70. The summed E-state index contributed by atoms with van der Waals surface area (Å²) in [4.78, 5) is 2.21. The number of hydrogen-bond donors (Lipinski definition) is 2. The van der Waals surface area contributed by atoms with Gasteiger partial charge in [0.05, 0.1) is 0 Å². The molecule has 0 aliphatic heterocycles. The summed E-state index contributed by atoms with van der Waals surface area (Å²) in [5.41, 5.74) is 2.07. The van der Waals surface area contributed by atoms with Crippen LogP contribution in [0, 0.1) is 17.7 Å². The molecule has 0 saturated carbocycles. The normalized spacial score (nSPS) is 21.6. The molecule has 3 nitrogen and oxygen atoms in total. The highest BCUT2D eigenvalue weighted by Crippen LogP contribution is 2.23. The number of benzene rings is 1. The van der Waals surface area contributed by atoms with Gasteiger partial charge < -0.3 is 15.3 Å². The zero-order chi connectivity index (χ0) is 16.8. The van der Waals surface area contributed by atoms with Gasteiger partial charge in [0.1, 0.15) is 5.82 Å². The van der Waals surface area contributed by atoms with E-state index in [-0.39, 0.29) is 24.4 Å². The van der Waals surface area contributed by atoms with Gasteiger partial charge in [-0.3, -0.25) is 0 Å². The van der Waals surface area contributed by atoms with Crippen LogP contribution < -0.4 is 10.2 Å². The lowest BCUT2D eigenvalue weighted by molar-refractivity contribution is 0.246. The molecule has 3 atom stereocenters. The molecule has 1 aliphatic rings. The van der Waals surface area contributed by atoms with Crippen LogP contribution in [0.15, 0.2) is 30.4 Å². The Morgan fingerprint density at radius 3 is 2.83 bits per heavy atom. The third kappa shape index (κ3) is 5.05. The van der Waals surface area contributed by atoms with E-state index in [2.05, 4.69) is 43.3 Å². The molecule has 0 heterocycles. The first kappa shape index (κ1) is 18.0. The van der Waals surface area contributed by atoms with E-state index in [1.54, 1.807) is 6.07 Å². The number of anilines is 1. The van der Waals surface area contributed by atoms with Crippen LogP contribution in [0.3, 0.4) is 0 Å². The molecule has 1 aromatic carbocycles. The fraction of sp³-hybridized carbons (Fsp3) is 0.579. The fourth-order valence-corrected chi connectivity index (χ4v) is 3.07. The minimum Gasteiger partial charge on any atom is -0.396 e. The summed E-state index contributed by atoms with van der Waals surface area (Å²) in [6.45, 7) is 6.21. The summed E-state index contributed by atoms with van der Waals surface area (Å²) in [5, 5.41) is 12.7. The van der Waals surface area contributed by atoms with E-state index in [0.717, 1.165) is 30.6 Å². The Morgan fingerprint density at radius 1 is 1.39 bits per heavy atom. The maximum Gasteiger partial charge on any atom is 0.123 e. The topological polar surface area (TPSA) is 35.5 Å². The van der Waals surface area contributed by atoms with Gasteiger partial charge in [-0.1, -0.05) is 32.4 Å². The highest BCUT2D eigenvalue weighted by Gasteiger charge is 2.18. The van der Waals surface area contributed by atoms with E-state index < -0.39 is 0 Å². The molecule has 0 saturated heterocycles. The summed E-state index contributed by atoms with van der Waals surface area (Å²) in [5.74, 6) is 0.652. The van der Waals surface area contributed by atoms with Crippen LogP contribution in [0.25, 0.3) is 0 Å². The van der Waals surface area contributed by atoms with Gasteiger partial charge in [-0.2, -0.15) is 0 Å². The zero-order valence-corrected chi connectivity index (χ0v) is 14.4. The van der Waals surface area contributed by atoms with E-state index in [4.69, 9.17) is 0 Å². The highest BCUT2D eigenvalue weighted by molar-refractivity contribution is 5.53. The van der Waals surface area contributed by atoms with Gasteiger partial charge in [-0.15, -0.1) is 0 Å². The second kappa shape index (κ2) is 8.46. The number of aliphatic hydroxyl groups excluding tert-OH is 1. The van der Waals surface area contributed by atoms with Crippen molar-refractivity contribution in [1.29, 1.82) is 0 Å². The Morgan fingerprint density at radius 2 is 2.17 bits per heavy atom. The number of aliphatic hydroxyl groups is 1. The fourth-order valence-electron chi connectivity index (χ4n) is 3.07. The summed E-state index contributed by atoms with van der Waals surface area (Å²) in [7, 11) is 2.07. The molecule has 4 heteroatoms. The highest BCUT2D eigenvalue weighted by atomic mass is 19.1. The van der Waals surface area contributed by atoms with E-state index in [9.17, 15) is 9.50 Å². The smallest absolute Gasteiger partial charge is 0.123 e. The number of hydrogen-bond acceptors (Lipinski definition) is 3. The van der Waals surface area contributed by atoms with Crippen LogP contribution in [0.2, 0.25) is 0 Å². The first-order valence-corrected chi connectivity index (χ1v) is 8.55. The average molecular weight is 320 g/mol. The van der Waals surface area contributed by atoms with Gasteiger partial charge in [0.15, 0.2) is 0 Å². The van der Waals surface area contributed by atoms with Gasteiger partial charge >= 0.3 is 0 Å². The van der Waals surface area contributed by atoms with E-state index in [1.165, 1.54) is 6.07 Å². The van der Waals surface area contributed by atoms with Crippen molar-refractivity contribution in [3.63, 3.8) is 0 Å². The first-order chi connectivity index (χ1) is 11.0. The van der Waals surface area contributed by atoms with Crippen molar-refractivity contribution >= 4 is 5.69 Å². The molecule has 0 bridgehead atoms. The molecule has 2 N–H and O–H groups in total. The molecular formula is C19H29FN2O. The summed E-state index contributed by atoms with van der Waals surface area (Å²) >= 11 is 0. The molecule has 0 spiro atoms. The Kier molecular flexibility index (Phi) is 6.60. The van der Waals surface area contributed by atoms with Gasteiger partial charge in [-0.25, -0.2) is 4.39 Å². The molecule has 128 valence electrons. The molecule has 0 amide bonds. The van der Waals surface area contributed by atoms with Crippen LogP contribution in [0.1, 0.15) is 32.3 Å². The number of rotatable bonds is 8. The van der Waals surface area contributed by atoms with E-state index >= 15 is 0 Å². The van der Waals surface area contributed by atoms with Crippen LogP contribution in [-0.2, 0) is 6.54 Å². The molecule has 2 rings (SSSR count). The van der Waals surface area contributed by atoms with E-state index in [0.29, 0.717) is 12.5 Å². The summed E-state index contributed by atoms with van der Waals surface area (Å²) < 4.78 is 13.7. The lowest BCUT2D eigenvalue weighted by Crippen LogP contribution is -2.29. The van der Waals surface area contributed by atoms with Crippen molar-refractivity contribution in [2.24, 2.45) is 11.8 Å². The Balaban J connectivity index is 2.02. The minimum absolute atomic E-state index is 0.192. The summed E-state index contributed by atoms with van der Waals surface area (Å²) in [6.07, 6.45) is 6.19. The van der Waals surface area contributed by atoms with Gasteiger partial charge in [-0.05, 0) is 36.1 Å². The van der Waals surface area contributed by atoms with Crippen molar-refractivity contribution in [3.8, 4) is 0 Å².